The Morgan fingerprint density at radius 2 is 2.08 bits per heavy atom. The number of carbonyl (C=O) groups excluding carboxylic acids is 3. The molecule has 2 aromatic rings. The van der Waals surface area contributed by atoms with Gasteiger partial charge in [-0.1, -0.05) is 0 Å². The highest BCUT2D eigenvalue weighted by Gasteiger charge is 2.32. The molecule has 0 radical (unpaired) electrons. The molecule has 1 aliphatic heterocycles. The third-order valence-electron chi connectivity index (χ3n) is 4.07. The summed E-state index contributed by atoms with van der Waals surface area (Å²) >= 11 is 0. The van der Waals surface area contributed by atoms with Gasteiger partial charge < -0.3 is 14.6 Å². The van der Waals surface area contributed by atoms with Gasteiger partial charge in [-0.05, 0) is 31.2 Å². The van der Waals surface area contributed by atoms with E-state index in [1.165, 1.54) is 35.4 Å². The van der Waals surface area contributed by atoms with E-state index in [0.717, 1.165) is 0 Å². The van der Waals surface area contributed by atoms with Crippen LogP contribution in [0.25, 0.3) is 5.69 Å². The summed E-state index contributed by atoms with van der Waals surface area (Å²) in [5.74, 6) is -0.858. The molecule has 0 aliphatic carbocycles. The summed E-state index contributed by atoms with van der Waals surface area (Å²) in [6, 6.07) is 5.99. The van der Waals surface area contributed by atoms with Crippen LogP contribution in [0.5, 0.6) is 0 Å². The van der Waals surface area contributed by atoms with E-state index < -0.39 is 18.0 Å². The lowest BCUT2D eigenvalue weighted by Gasteiger charge is -2.14. The minimum absolute atomic E-state index is 0.106. The maximum Gasteiger partial charge on any atom is 0.414 e. The van der Waals surface area contributed by atoms with Crippen LogP contribution in [-0.4, -0.2) is 41.5 Å². The van der Waals surface area contributed by atoms with Crippen molar-refractivity contribution >= 4 is 23.5 Å². The lowest BCUT2D eigenvalue weighted by Crippen LogP contribution is -2.33. The van der Waals surface area contributed by atoms with E-state index >= 15 is 0 Å². The molecule has 136 valence electrons. The molecular formula is C18H18FN3O4. The van der Waals surface area contributed by atoms with Gasteiger partial charge in [-0.15, -0.1) is 0 Å². The van der Waals surface area contributed by atoms with Crippen molar-refractivity contribution in [1.29, 1.82) is 0 Å². The summed E-state index contributed by atoms with van der Waals surface area (Å²) < 4.78 is 21.2. The zero-order chi connectivity index (χ0) is 18.8. The highest BCUT2D eigenvalue weighted by atomic mass is 19.1. The molecular weight excluding hydrogens is 341 g/mol. The van der Waals surface area contributed by atoms with E-state index in [1.54, 1.807) is 24.5 Å². The number of halogens is 1. The average Bonchev–Trinajstić information content (AvgIpc) is 3.20. The lowest BCUT2D eigenvalue weighted by molar-refractivity contribution is -0.119. The zero-order valence-electron chi connectivity index (χ0n) is 14.4. The smallest absolute Gasteiger partial charge is 0.414 e. The molecule has 0 bridgehead atoms. The first-order valence-electron chi connectivity index (χ1n) is 8.06. The topological polar surface area (TPSA) is 80.6 Å². The van der Waals surface area contributed by atoms with Gasteiger partial charge in [0.1, 0.15) is 11.9 Å². The minimum Gasteiger partial charge on any atom is -0.442 e. The molecule has 0 unspecified atom stereocenters. The molecule has 0 spiro atoms. The molecule has 2 amide bonds. The second-order valence-electron chi connectivity index (χ2n) is 6.05. The fourth-order valence-corrected chi connectivity index (χ4v) is 2.72. The largest absolute Gasteiger partial charge is 0.442 e. The highest BCUT2D eigenvalue weighted by Crippen LogP contribution is 2.25. The molecule has 1 aromatic heterocycles. The first-order valence-corrected chi connectivity index (χ1v) is 8.06. The third-order valence-corrected chi connectivity index (χ3v) is 4.07. The van der Waals surface area contributed by atoms with Gasteiger partial charge in [-0.2, -0.15) is 0 Å². The molecule has 1 N–H and O–H groups in total. The molecule has 1 aliphatic rings. The SMILES string of the molecule is CC(=O)NC[C@H]1CN(c2ccc(-n3ccc(C(C)=O)c3)c(F)c2)C(=O)O1. The number of hydrogen-bond donors (Lipinski definition) is 1. The number of ketones is 1. The monoisotopic (exact) mass is 359 g/mol. The Bertz CT molecular complexity index is 877. The molecule has 2 heterocycles. The number of Topliss-reactive ketones (excluding diaryl/α,β-unsaturated/α-hetero) is 1. The number of nitrogens with one attached hydrogen (secondary N) is 1. The minimum atomic E-state index is -0.590. The predicted octanol–water partition coefficient (Wildman–Crippen LogP) is 2.28. The molecule has 0 saturated carbocycles. The maximum atomic E-state index is 14.5. The second kappa shape index (κ2) is 6.99. The molecule has 26 heavy (non-hydrogen) atoms. The third kappa shape index (κ3) is 3.58. The van der Waals surface area contributed by atoms with Crippen LogP contribution >= 0.6 is 0 Å². The Balaban J connectivity index is 1.77. The molecule has 1 aromatic carbocycles. The number of carbonyl (C=O) groups is 3. The number of anilines is 1. The molecule has 1 saturated heterocycles. The summed E-state index contributed by atoms with van der Waals surface area (Å²) in [7, 11) is 0. The van der Waals surface area contributed by atoms with Gasteiger partial charge in [0.05, 0.1) is 24.5 Å². The van der Waals surface area contributed by atoms with Crippen LogP contribution < -0.4 is 10.2 Å². The Morgan fingerprint density at radius 1 is 1.31 bits per heavy atom. The summed E-state index contributed by atoms with van der Waals surface area (Å²) in [5, 5.41) is 2.59. The van der Waals surface area contributed by atoms with E-state index in [-0.39, 0.29) is 30.5 Å². The fraction of sp³-hybridized carbons (Fsp3) is 0.278. The van der Waals surface area contributed by atoms with Crippen LogP contribution in [0, 0.1) is 5.82 Å². The van der Waals surface area contributed by atoms with Crippen molar-refractivity contribution in [2.45, 2.75) is 20.0 Å². The second-order valence-corrected chi connectivity index (χ2v) is 6.05. The molecule has 3 rings (SSSR count). The van der Waals surface area contributed by atoms with E-state index in [4.69, 9.17) is 4.74 Å². The van der Waals surface area contributed by atoms with Crippen molar-refractivity contribution in [2.75, 3.05) is 18.0 Å². The Labute approximate surface area is 149 Å². The quantitative estimate of drug-likeness (QED) is 0.831. The Morgan fingerprint density at radius 3 is 2.69 bits per heavy atom. The van der Waals surface area contributed by atoms with Crippen molar-refractivity contribution in [3.63, 3.8) is 0 Å². The number of aromatic nitrogens is 1. The summed E-state index contributed by atoms with van der Waals surface area (Å²) in [6.45, 7) is 3.24. The maximum absolute atomic E-state index is 14.5. The van der Waals surface area contributed by atoms with Crippen molar-refractivity contribution in [3.8, 4) is 5.69 Å². The first-order chi connectivity index (χ1) is 12.3. The van der Waals surface area contributed by atoms with Crippen molar-refractivity contribution < 1.29 is 23.5 Å². The Kier molecular flexibility index (Phi) is 4.75. The van der Waals surface area contributed by atoms with Gasteiger partial charge in [0, 0.05) is 24.9 Å². The lowest BCUT2D eigenvalue weighted by atomic mass is 10.2. The van der Waals surface area contributed by atoms with Crippen LogP contribution in [0.3, 0.4) is 0 Å². The molecule has 1 atom stereocenters. The van der Waals surface area contributed by atoms with E-state index in [1.807, 2.05) is 0 Å². The normalized spacial score (nSPS) is 16.5. The number of ether oxygens (including phenoxy) is 1. The van der Waals surface area contributed by atoms with Crippen LogP contribution in [0.1, 0.15) is 24.2 Å². The number of hydrogen-bond acceptors (Lipinski definition) is 4. The number of nitrogens with zero attached hydrogens (tertiary/aromatic N) is 2. The van der Waals surface area contributed by atoms with Crippen LogP contribution in [0.4, 0.5) is 14.9 Å². The highest BCUT2D eigenvalue weighted by molar-refractivity contribution is 5.94. The summed E-state index contributed by atoms with van der Waals surface area (Å²) in [6.07, 6.45) is 2.07. The molecule has 1 fully saturated rings. The van der Waals surface area contributed by atoms with E-state index in [2.05, 4.69) is 5.32 Å². The van der Waals surface area contributed by atoms with Crippen LogP contribution in [0.15, 0.2) is 36.7 Å². The van der Waals surface area contributed by atoms with Gasteiger partial charge in [-0.25, -0.2) is 9.18 Å². The number of amides is 2. The van der Waals surface area contributed by atoms with E-state index in [0.29, 0.717) is 11.3 Å². The van der Waals surface area contributed by atoms with Gasteiger partial charge in [0.2, 0.25) is 5.91 Å². The van der Waals surface area contributed by atoms with Gasteiger partial charge in [0.25, 0.3) is 0 Å². The zero-order valence-corrected chi connectivity index (χ0v) is 14.4. The molecule has 8 heteroatoms. The summed E-state index contributed by atoms with van der Waals surface area (Å²) in [5.41, 5.74) is 1.11. The molecule has 7 nitrogen and oxygen atoms in total. The van der Waals surface area contributed by atoms with Crippen molar-refractivity contribution in [2.24, 2.45) is 0 Å². The van der Waals surface area contributed by atoms with Gasteiger partial charge in [0.15, 0.2) is 5.78 Å². The summed E-state index contributed by atoms with van der Waals surface area (Å²) in [4.78, 5) is 35.6. The van der Waals surface area contributed by atoms with Gasteiger partial charge in [-0.3, -0.25) is 14.5 Å². The average molecular weight is 359 g/mol. The van der Waals surface area contributed by atoms with Crippen molar-refractivity contribution in [3.05, 3.63) is 48.0 Å². The number of rotatable bonds is 5. The predicted molar refractivity (Wildman–Crippen MR) is 92.0 cm³/mol. The Hall–Kier alpha value is -3.16. The number of benzene rings is 1. The van der Waals surface area contributed by atoms with E-state index in [9.17, 15) is 18.8 Å². The van der Waals surface area contributed by atoms with Gasteiger partial charge >= 0.3 is 6.09 Å². The standard InChI is InChI=1S/C18H18FN3O4/c1-11(23)13-5-6-21(9-13)17-4-3-14(7-16(17)19)22-10-15(26-18(22)25)8-20-12(2)24/h3-7,9,15H,8,10H2,1-2H3,(H,20,24)/t15-/m0/s1. The number of cyclic esters (lactones) is 1. The fourth-order valence-electron chi connectivity index (χ4n) is 2.72. The van der Waals surface area contributed by atoms with Crippen molar-refractivity contribution in [1.82, 2.24) is 9.88 Å². The van der Waals surface area contributed by atoms with Crippen LogP contribution in [-0.2, 0) is 9.53 Å². The van der Waals surface area contributed by atoms with Crippen LogP contribution in [0.2, 0.25) is 0 Å². The first kappa shape index (κ1) is 17.7.